The van der Waals surface area contributed by atoms with E-state index >= 15 is 4.39 Å². The minimum atomic E-state index is -0.601. The highest BCUT2D eigenvalue weighted by atomic mass is 19.1. The van der Waals surface area contributed by atoms with Crippen molar-refractivity contribution in [3.05, 3.63) is 83.4 Å². The van der Waals surface area contributed by atoms with Gasteiger partial charge in [-0.05, 0) is 66.3 Å². The number of aromatic amines is 1. The van der Waals surface area contributed by atoms with Crippen LogP contribution in [0.15, 0.2) is 60.9 Å². The Hall–Kier alpha value is -5.32. The summed E-state index contributed by atoms with van der Waals surface area (Å²) < 4.78 is 26.9. The molecular formula is C34H31FN6O4. The van der Waals surface area contributed by atoms with E-state index in [4.69, 9.17) is 14.5 Å². The van der Waals surface area contributed by atoms with Gasteiger partial charge in [0, 0.05) is 38.3 Å². The van der Waals surface area contributed by atoms with E-state index < -0.39 is 17.7 Å². The third kappa shape index (κ3) is 5.34. The van der Waals surface area contributed by atoms with E-state index in [1.54, 1.807) is 24.5 Å². The summed E-state index contributed by atoms with van der Waals surface area (Å²) in [6.07, 6.45) is 5.44. The van der Waals surface area contributed by atoms with Crippen molar-refractivity contribution in [2.45, 2.75) is 32.3 Å². The number of halogens is 1. The molecule has 1 fully saturated rings. The fourth-order valence-electron chi connectivity index (χ4n) is 5.73. The Labute approximate surface area is 258 Å². The van der Waals surface area contributed by atoms with Gasteiger partial charge in [0.25, 0.3) is 5.91 Å². The van der Waals surface area contributed by atoms with Crippen molar-refractivity contribution in [3.8, 4) is 28.4 Å². The normalized spacial score (nSPS) is 14.6. The first kappa shape index (κ1) is 28.5. The van der Waals surface area contributed by atoms with Gasteiger partial charge < -0.3 is 24.3 Å². The number of amides is 1. The number of benzene rings is 2. The smallest absolute Gasteiger partial charge is 0.302 e. The summed E-state index contributed by atoms with van der Waals surface area (Å²) in [6, 6.07) is 14.4. The van der Waals surface area contributed by atoms with Gasteiger partial charge in [-0.25, -0.2) is 14.4 Å². The maximum atomic E-state index is 15.5. The maximum Gasteiger partial charge on any atom is 0.302 e. The van der Waals surface area contributed by atoms with E-state index in [0.717, 1.165) is 29.7 Å². The topological polar surface area (TPSA) is 114 Å². The summed E-state index contributed by atoms with van der Waals surface area (Å²) >= 11 is 0. The van der Waals surface area contributed by atoms with Gasteiger partial charge in [0.15, 0.2) is 11.5 Å². The number of imidazole rings is 1. The van der Waals surface area contributed by atoms with Crippen molar-refractivity contribution in [2.75, 3.05) is 37.0 Å². The molecule has 11 heteroatoms. The van der Waals surface area contributed by atoms with Gasteiger partial charge in [-0.1, -0.05) is 12.1 Å². The van der Waals surface area contributed by atoms with Crippen LogP contribution in [-0.4, -0.2) is 59.1 Å². The van der Waals surface area contributed by atoms with Crippen LogP contribution >= 0.6 is 0 Å². The standard InChI is InChI=1S/C34H31FN6O4/c1-19(42)45-18-25-23(24-11-12-36-33-31(24)38-32(39-33)27-10-9-22(17-37-27)40(2)3)5-4-6-28(25)41-13-14-44-29-16-21(20-7-8-20)15-26(35)30(29)34(41)43/h4-6,9-12,15-17,20H,7-8,13-14,18H2,1-3H3,(H,36,38,39). The van der Waals surface area contributed by atoms with Crippen LogP contribution < -0.4 is 14.5 Å². The van der Waals surface area contributed by atoms with Crippen molar-refractivity contribution < 1.29 is 23.5 Å². The molecule has 1 amide bonds. The molecule has 1 aliphatic heterocycles. The monoisotopic (exact) mass is 606 g/mol. The second kappa shape index (κ2) is 11.3. The summed E-state index contributed by atoms with van der Waals surface area (Å²) in [5.74, 6) is -0.476. The highest BCUT2D eigenvalue weighted by Gasteiger charge is 2.33. The second-order valence-electron chi connectivity index (χ2n) is 11.5. The number of nitrogens with one attached hydrogen (secondary N) is 1. The van der Waals surface area contributed by atoms with Crippen LogP contribution in [-0.2, 0) is 16.1 Å². The number of H-pyrrole nitrogens is 1. The Morgan fingerprint density at radius 2 is 1.98 bits per heavy atom. The van der Waals surface area contributed by atoms with Crippen molar-refractivity contribution >= 4 is 34.4 Å². The minimum absolute atomic E-state index is 0.100. The first-order valence-corrected chi connectivity index (χ1v) is 14.8. The van der Waals surface area contributed by atoms with Gasteiger partial charge in [0.1, 0.15) is 41.6 Å². The third-order valence-electron chi connectivity index (χ3n) is 8.20. The van der Waals surface area contributed by atoms with Gasteiger partial charge in [-0.3, -0.25) is 14.6 Å². The molecule has 0 atom stereocenters. The highest BCUT2D eigenvalue weighted by Crippen LogP contribution is 2.43. The summed E-state index contributed by atoms with van der Waals surface area (Å²) in [5, 5.41) is 0. The van der Waals surface area contributed by atoms with E-state index in [1.165, 1.54) is 17.9 Å². The SMILES string of the molecule is CC(=O)OCc1c(-c2ccnc3[nH]c(-c4ccc(N(C)C)cn4)nc23)cccc1N1CCOc2cc(C3CC3)cc(F)c2C1=O. The van der Waals surface area contributed by atoms with Crippen LogP contribution in [0.3, 0.4) is 0 Å². The number of hydrogen-bond donors (Lipinski definition) is 1. The lowest BCUT2D eigenvalue weighted by Crippen LogP contribution is -2.33. The van der Waals surface area contributed by atoms with Crippen LogP contribution in [0.1, 0.15) is 47.2 Å². The van der Waals surface area contributed by atoms with Gasteiger partial charge in [-0.2, -0.15) is 0 Å². The van der Waals surface area contributed by atoms with Crippen LogP contribution in [0.4, 0.5) is 15.8 Å². The first-order valence-electron chi connectivity index (χ1n) is 14.8. The highest BCUT2D eigenvalue weighted by molar-refractivity contribution is 6.09. The Morgan fingerprint density at radius 3 is 2.71 bits per heavy atom. The van der Waals surface area contributed by atoms with E-state index in [9.17, 15) is 9.59 Å². The third-order valence-corrected chi connectivity index (χ3v) is 8.20. The number of aromatic nitrogens is 4. The lowest BCUT2D eigenvalue weighted by Gasteiger charge is -2.25. The molecule has 5 aromatic rings. The number of esters is 1. The molecule has 0 spiro atoms. The Bertz CT molecular complexity index is 1950. The number of nitrogens with zero attached hydrogens (tertiary/aromatic N) is 5. The number of hydrogen-bond acceptors (Lipinski definition) is 8. The molecule has 0 unspecified atom stereocenters. The zero-order valence-electron chi connectivity index (χ0n) is 25.1. The number of pyridine rings is 2. The molecule has 0 bridgehead atoms. The summed E-state index contributed by atoms with van der Waals surface area (Å²) in [6.45, 7) is 1.56. The molecule has 2 aliphatic rings. The average molecular weight is 607 g/mol. The van der Waals surface area contributed by atoms with Crippen LogP contribution in [0.25, 0.3) is 33.8 Å². The Kier molecular flexibility index (Phi) is 7.15. The number of carbonyl (C=O) groups excluding carboxylic acids is 2. The number of fused-ring (bicyclic) bond motifs is 2. The average Bonchev–Trinajstić information content (AvgIpc) is 3.81. The number of ether oxygens (including phenoxy) is 2. The molecule has 2 aromatic carbocycles. The molecule has 7 rings (SSSR count). The van der Waals surface area contributed by atoms with Crippen molar-refractivity contribution in [1.82, 2.24) is 19.9 Å². The minimum Gasteiger partial charge on any atom is -0.491 e. The van der Waals surface area contributed by atoms with E-state index in [-0.39, 0.29) is 31.1 Å². The Morgan fingerprint density at radius 1 is 1.13 bits per heavy atom. The predicted octanol–water partition coefficient (Wildman–Crippen LogP) is 5.87. The molecule has 3 aromatic heterocycles. The number of anilines is 2. The van der Waals surface area contributed by atoms with E-state index in [1.807, 2.05) is 49.3 Å². The number of carbonyl (C=O) groups is 2. The second-order valence-corrected chi connectivity index (χ2v) is 11.5. The summed E-state index contributed by atoms with van der Waals surface area (Å²) in [5.41, 5.74) is 5.97. The molecule has 4 heterocycles. The summed E-state index contributed by atoms with van der Waals surface area (Å²) in [4.78, 5) is 46.6. The lowest BCUT2D eigenvalue weighted by atomic mass is 9.97. The zero-order valence-corrected chi connectivity index (χ0v) is 25.1. The fourth-order valence-corrected chi connectivity index (χ4v) is 5.73. The van der Waals surface area contributed by atoms with Gasteiger partial charge >= 0.3 is 5.97 Å². The zero-order chi connectivity index (χ0) is 31.2. The van der Waals surface area contributed by atoms with Crippen molar-refractivity contribution in [3.63, 3.8) is 0 Å². The maximum absolute atomic E-state index is 15.5. The largest absolute Gasteiger partial charge is 0.491 e. The molecule has 45 heavy (non-hydrogen) atoms. The lowest BCUT2D eigenvalue weighted by molar-refractivity contribution is -0.142. The molecule has 1 saturated carbocycles. The first-order chi connectivity index (χ1) is 21.8. The Balaban J connectivity index is 1.33. The molecule has 10 nitrogen and oxygen atoms in total. The molecule has 1 aliphatic carbocycles. The molecule has 228 valence electrons. The van der Waals surface area contributed by atoms with E-state index in [0.29, 0.717) is 45.4 Å². The van der Waals surface area contributed by atoms with Crippen LogP contribution in [0.5, 0.6) is 5.75 Å². The quantitative estimate of drug-likeness (QED) is 0.229. The van der Waals surface area contributed by atoms with Crippen molar-refractivity contribution in [1.29, 1.82) is 0 Å². The fraction of sp³-hybridized carbons (Fsp3) is 0.265. The van der Waals surface area contributed by atoms with Gasteiger partial charge in [0.05, 0.1) is 24.1 Å². The van der Waals surface area contributed by atoms with Crippen LogP contribution in [0.2, 0.25) is 0 Å². The van der Waals surface area contributed by atoms with Gasteiger partial charge in [0.2, 0.25) is 0 Å². The van der Waals surface area contributed by atoms with Gasteiger partial charge in [-0.15, -0.1) is 0 Å². The predicted molar refractivity (Wildman–Crippen MR) is 168 cm³/mol. The van der Waals surface area contributed by atoms with Crippen LogP contribution in [0, 0.1) is 5.82 Å². The molecule has 1 N–H and O–H groups in total. The van der Waals surface area contributed by atoms with Crippen molar-refractivity contribution in [2.24, 2.45) is 0 Å². The van der Waals surface area contributed by atoms with E-state index in [2.05, 4.69) is 15.0 Å². The summed E-state index contributed by atoms with van der Waals surface area (Å²) in [7, 11) is 3.89. The molecular weight excluding hydrogens is 575 g/mol. The molecule has 0 saturated heterocycles. The molecule has 0 radical (unpaired) electrons. The number of rotatable bonds is 7.